The molecule has 0 saturated carbocycles. The zero-order valence-electron chi connectivity index (χ0n) is 11.6. The molecule has 3 N–H and O–H groups in total. The topological polar surface area (TPSA) is 94.5 Å². The molecule has 0 aliphatic heterocycles. The Labute approximate surface area is 121 Å². The van der Waals surface area contributed by atoms with Gasteiger partial charge in [0.2, 0.25) is 5.95 Å². The summed E-state index contributed by atoms with van der Waals surface area (Å²) in [6.07, 6.45) is 5.15. The van der Waals surface area contributed by atoms with Crippen LogP contribution in [0.5, 0.6) is 0 Å². The van der Waals surface area contributed by atoms with E-state index < -0.39 is 0 Å². The minimum Gasteiger partial charge on any atom is -0.325 e. The summed E-state index contributed by atoms with van der Waals surface area (Å²) in [4.78, 5) is 12.9. The van der Waals surface area contributed by atoms with Gasteiger partial charge in [-0.05, 0) is 18.2 Å². The van der Waals surface area contributed by atoms with Crippen molar-refractivity contribution in [2.24, 2.45) is 12.8 Å². The normalized spacial score (nSPS) is 10.6. The lowest BCUT2D eigenvalue weighted by molar-refractivity contribution is 0.775. The fourth-order valence-corrected chi connectivity index (χ4v) is 1.94. The minimum absolute atomic E-state index is 0.402. The van der Waals surface area contributed by atoms with Gasteiger partial charge in [-0.1, -0.05) is 0 Å². The van der Waals surface area contributed by atoms with Gasteiger partial charge in [-0.3, -0.25) is 9.67 Å². The number of pyridine rings is 1. The molecule has 0 atom stereocenters. The van der Waals surface area contributed by atoms with E-state index in [9.17, 15) is 0 Å². The van der Waals surface area contributed by atoms with Crippen molar-refractivity contribution in [1.29, 1.82) is 0 Å². The molecule has 0 bridgehead atoms. The van der Waals surface area contributed by atoms with E-state index in [-0.39, 0.29) is 0 Å². The number of nitrogens with zero attached hydrogens (tertiary/aromatic N) is 5. The Morgan fingerprint density at radius 3 is 2.76 bits per heavy atom. The molecule has 0 aromatic carbocycles. The molecule has 0 spiro atoms. The molecule has 3 rings (SSSR count). The van der Waals surface area contributed by atoms with Crippen LogP contribution in [0.15, 0.2) is 42.9 Å². The van der Waals surface area contributed by atoms with Crippen molar-refractivity contribution < 1.29 is 0 Å². The van der Waals surface area contributed by atoms with Crippen LogP contribution in [0.3, 0.4) is 0 Å². The predicted octanol–water partition coefficient (Wildman–Crippen LogP) is 1.47. The molecule has 0 amide bonds. The summed E-state index contributed by atoms with van der Waals surface area (Å²) in [5.41, 5.74) is 8.21. The first-order valence-corrected chi connectivity index (χ1v) is 6.50. The van der Waals surface area contributed by atoms with Gasteiger partial charge in [-0.25, -0.2) is 9.97 Å². The molecule has 3 aromatic heterocycles. The lowest BCUT2D eigenvalue weighted by Gasteiger charge is -2.07. The third-order valence-electron chi connectivity index (χ3n) is 3.04. The SMILES string of the molecule is Cn1nccc1Nc1nccc(-c2ccnc(CN)c2)n1. The molecule has 0 fully saturated rings. The average Bonchev–Trinajstić information content (AvgIpc) is 2.93. The van der Waals surface area contributed by atoms with Crippen molar-refractivity contribution in [3.05, 3.63) is 48.5 Å². The van der Waals surface area contributed by atoms with Crippen LogP contribution < -0.4 is 11.1 Å². The predicted molar refractivity (Wildman–Crippen MR) is 79.6 cm³/mol. The molecular formula is C14H15N7. The highest BCUT2D eigenvalue weighted by Gasteiger charge is 2.05. The molecule has 3 heterocycles. The number of rotatable bonds is 4. The summed E-state index contributed by atoms with van der Waals surface area (Å²) in [5.74, 6) is 1.34. The van der Waals surface area contributed by atoms with Gasteiger partial charge in [0.15, 0.2) is 0 Å². The molecule has 0 aliphatic rings. The number of hydrogen-bond acceptors (Lipinski definition) is 6. The Morgan fingerprint density at radius 1 is 1.14 bits per heavy atom. The lowest BCUT2D eigenvalue weighted by atomic mass is 10.1. The second kappa shape index (κ2) is 5.68. The number of nitrogens with one attached hydrogen (secondary N) is 1. The smallest absolute Gasteiger partial charge is 0.228 e. The Bertz CT molecular complexity index is 750. The fourth-order valence-electron chi connectivity index (χ4n) is 1.94. The maximum absolute atomic E-state index is 5.62. The second-order valence-corrected chi connectivity index (χ2v) is 4.47. The maximum Gasteiger partial charge on any atom is 0.228 e. The van der Waals surface area contributed by atoms with Crippen LogP contribution in [-0.4, -0.2) is 24.7 Å². The van der Waals surface area contributed by atoms with E-state index in [1.54, 1.807) is 23.3 Å². The third kappa shape index (κ3) is 2.87. The quantitative estimate of drug-likeness (QED) is 0.752. The highest BCUT2D eigenvalue weighted by molar-refractivity contribution is 5.61. The monoisotopic (exact) mass is 281 g/mol. The van der Waals surface area contributed by atoms with E-state index in [4.69, 9.17) is 5.73 Å². The van der Waals surface area contributed by atoms with Crippen molar-refractivity contribution in [2.75, 3.05) is 5.32 Å². The summed E-state index contributed by atoms with van der Waals surface area (Å²) < 4.78 is 1.72. The standard InChI is InChI=1S/C14H15N7/c1-21-13(4-7-18-21)20-14-17-6-3-12(19-14)10-2-5-16-11(8-10)9-15/h2-8H,9,15H2,1H3,(H,17,19,20). The zero-order chi connectivity index (χ0) is 14.7. The third-order valence-corrected chi connectivity index (χ3v) is 3.04. The van der Waals surface area contributed by atoms with Crippen molar-refractivity contribution in [3.8, 4) is 11.3 Å². The highest BCUT2D eigenvalue weighted by atomic mass is 15.3. The van der Waals surface area contributed by atoms with Gasteiger partial charge in [-0.15, -0.1) is 0 Å². The van der Waals surface area contributed by atoms with Crippen LogP contribution in [0.25, 0.3) is 11.3 Å². The van der Waals surface area contributed by atoms with E-state index in [0.29, 0.717) is 12.5 Å². The first-order chi connectivity index (χ1) is 10.3. The fraction of sp³-hybridized carbons (Fsp3) is 0.143. The first kappa shape index (κ1) is 13.2. The number of aromatic nitrogens is 5. The molecule has 3 aromatic rings. The lowest BCUT2D eigenvalue weighted by Crippen LogP contribution is -2.03. The molecule has 0 unspecified atom stereocenters. The molecule has 0 aliphatic carbocycles. The van der Waals surface area contributed by atoms with Gasteiger partial charge in [0.05, 0.1) is 17.6 Å². The van der Waals surface area contributed by atoms with Crippen molar-refractivity contribution in [3.63, 3.8) is 0 Å². The number of aryl methyl sites for hydroxylation is 1. The molecule has 0 saturated heterocycles. The van der Waals surface area contributed by atoms with Crippen molar-refractivity contribution in [1.82, 2.24) is 24.7 Å². The van der Waals surface area contributed by atoms with E-state index in [2.05, 4.69) is 25.4 Å². The number of nitrogens with two attached hydrogens (primary N) is 1. The summed E-state index contributed by atoms with van der Waals surface area (Å²) in [5, 5.41) is 7.22. The van der Waals surface area contributed by atoms with E-state index >= 15 is 0 Å². The summed E-state index contributed by atoms with van der Waals surface area (Å²) in [6, 6.07) is 7.53. The molecule has 7 heteroatoms. The molecule has 0 radical (unpaired) electrons. The highest BCUT2D eigenvalue weighted by Crippen LogP contribution is 2.19. The van der Waals surface area contributed by atoms with E-state index in [0.717, 1.165) is 22.8 Å². The van der Waals surface area contributed by atoms with Gasteiger partial charge < -0.3 is 11.1 Å². The second-order valence-electron chi connectivity index (χ2n) is 4.47. The van der Waals surface area contributed by atoms with Crippen molar-refractivity contribution in [2.45, 2.75) is 6.54 Å². The van der Waals surface area contributed by atoms with E-state index in [1.165, 1.54) is 0 Å². The molecule has 7 nitrogen and oxygen atoms in total. The van der Waals surface area contributed by atoms with Crippen LogP contribution >= 0.6 is 0 Å². The molecule has 21 heavy (non-hydrogen) atoms. The van der Waals surface area contributed by atoms with Gasteiger partial charge in [0.25, 0.3) is 0 Å². The van der Waals surface area contributed by atoms with Crippen LogP contribution in [0.4, 0.5) is 11.8 Å². The Kier molecular flexibility index (Phi) is 3.57. The molecular weight excluding hydrogens is 266 g/mol. The van der Waals surface area contributed by atoms with Gasteiger partial charge in [0.1, 0.15) is 5.82 Å². The Hall–Kier alpha value is -2.80. The van der Waals surface area contributed by atoms with Crippen LogP contribution in [0.2, 0.25) is 0 Å². The molecule has 106 valence electrons. The Morgan fingerprint density at radius 2 is 2.00 bits per heavy atom. The van der Waals surface area contributed by atoms with E-state index in [1.807, 2.05) is 31.3 Å². The minimum atomic E-state index is 0.402. The summed E-state index contributed by atoms with van der Waals surface area (Å²) in [6.45, 7) is 0.402. The summed E-state index contributed by atoms with van der Waals surface area (Å²) in [7, 11) is 1.85. The number of hydrogen-bond donors (Lipinski definition) is 2. The number of anilines is 2. The summed E-state index contributed by atoms with van der Waals surface area (Å²) >= 11 is 0. The van der Waals surface area contributed by atoms with Crippen LogP contribution in [-0.2, 0) is 13.6 Å². The average molecular weight is 281 g/mol. The maximum atomic E-state index is 5.62. The Balaban J connectivity index is 1.90. The van der Waals surface area contributed by atoms with Crippen LogP contribution in [0, 0.1) is 0 Å². The van der Waals surface area contributed by atoms with Gasteiger partial charge in [-0.2, -0.15) is 5.10 Å². The first-order valence-electron chi connectivity index (χ1n) is 6.50. The largest absolute Gasteiger partial charge is 0.325 e. The van der Waals surface area contributed by atoms with Crippen molar-refractivity contribution >= 4 is 11.8 Å². The van der Waals surface area contributed by atoms with Crippen LogP contribution in [0.1, 0.15) is 5.69 Å². The van der Waals surface area contributed by atoms with Gasteiger partial charge in [0, 0.05) is 37.6 Å². The zero-order valence-corrected chi connectivity index (χ0v) is 11.6. The van der Waals surface area contributed by atoms with Gasteiger partial charge >= 0.3 is 0 Å².